The molecule has 0 aromatic carbocycles. The standard InChI is InChI=1S/C5H6BrN/c1-2-5(6)3-4-7/h2,5H,1,3H2. The Balaban J connectivity index is 3.21. The lowest BCUT2D eigenvalue weighted by Gasteiger charge is -1.89. The Kier molecular flexibility index (Phi) is 3.72. The van der Waals surface area contributed by atoms with E-state index in [4.69, 9.17) is 5.26 Å². The summed E-state index contributed by atoms with van der Waals surface area (Å²) in [6, 6.07) is 2.00. The molecular formula is C5H6BrN. The van der Waals surface area contributed by atoms with Crippen LogP contribution in [0.5, 0.6) is 0 Å². The van der Waals surface area contributed by atoms with Gasteiger partial charge in [-0.3, -0.25) is 0 Å². The summed E-state index contributed by atoms with van der Waals surface area (Å²) in [7, 11) is 0. The molecule has 0 rings (SSSR count). The Bertz CT molecular complexity index is 92.7. The van der Waals surface area contributed by atoms with Crippen LogP contribution in [0.1, 0.15) is 6.42 Å². The zero-order chi connectivity index (χ0) is 5.70. The van der Waals surface area contributed by atoms with Crippen molar-refractivity contribution in [1.82, 2.24) is 0 Å². The van der Waals surface area contributed by atoms with Crippen molar-refractivity contribution < 1.29 is 0 Å². The van der Waals surface area contributed by atoms with Crippen LogP contribution in [-0.4, -0.2) is 4.83 Å². The van der Waals surface area contributed by atoms with E-state index in [1.165, 1.54) is 0 Å². The Morgan fingerprint density at radius 1 is 2.00 bits per heavy atom. The minimum atomic E-state index is 0.164. The molecule has 0 heterocycles. The van der Waals surface area contributed by atoms with E-state index in [1.54, 1.807) is 6.08 Å². The highest BCUT2D eigenvalue weighted by atomic mass is 79.9. The van der Waals surface area contributed by atoms with Crippen LogP contribution in [-0.2, 0) is 0 Å². The molecular weight excluding hydrogens is 154 g/mol. The number of nitriles is 1. The van der Waals surface area contributed by atoms with E-state index in [1.807, 2.05) is 6.07 Å². The molecule has 1 nitrogen and oxygen atoms in total. The van der Waals surface area contributed by atoms with Crippen LogP contribution in [0.3, 0.4) is 0 Å². The van der Waals surface area contributed by atoms with Gasteiger partial charge in [-0.1, -0.05) is 22.0 Å². The number of rotatable bonds is 2. The quantitative estimate of drug-likeness (QED) is 0.446. The summed E-state index contributed by atoms with van der Waals surface area (Å²) in [4.78, 5) is 0.164. The number of hydrogen-bond acceptors (Lipinski definition) is 1. The third kappa shape index (κ3) is 3.54. The van der Waals surface area contributed by atoms with Crippen LogP contribution in [0.2, 0.25) is 0 Å². The zero-order valence-corrected chi connectivity index (χ0v) is 5.48. The molecule has 7 heavy (non-hydrogen) atoms. The number of alkyl halides is 1. The fourth-order valence-electron chi connectivity index (χ4n) is 0.171. The highest BCUT2D eigenvalue weighted by molar-refractivity contribution is 9.09. The molecule has 0 amide bonds. The van der Waals surface area contributed by atoms with Gasteiger partial charge >= 0.3 is 0 Å². The Morgan fingerprint density at radius 2 is 2.57 bits per heavy atom. The van der Waals surface area contributed by atoms with Gasteiger partial charge in [0.05, 0.1) is 12.5 Å². The highest BCUT2D eigenvalue weighted by Crippen LogP contribution is 2.02. The molecule has 0 aliphatic rings. The van der Waals surface area contributed by atoms with Gasteiger partial charge in [0.1, 0.15) is 0 Å². The highest BCUT2D eigenvalue weighted by Gasteiger charge is 1.91. The minimum Gasteiger partial charge on any atom is -0.198 e. The van der Waals surface area contributed by atoms with Gasteiger partial charge in [0, 0.05) is 4.83 Å². The average Bonchev–Trinajstić information content (AvgIpc) is 1.68. The smallest absolute Gasteiger partial charge is 0.0636 e. The van der Waals surface area contributed by atoms with Crippen molar-refractivity contribution >= 4 is 15.9 Å². The fourth-order valence-corrected chi connectivity index (χ4v) is 0.315. The van der Waals surface area contributed by atoms with E-state index >= 15 is 0 Å². The van der Waals surface area contributed by atoms with Crippen LogP contribution in [0.25, 0.3) is 0 Å². The van der Waals surface area contributed by atoms with Gasteiger partial charge in [0.15, 0.2) is 0 Å². The molecule has 0 aromatic heterocycles. The molecule has 0 saturated heterocycles. The van der Waals surface area contributed by atoms with Crippen LogP contribution in [0, 0.1) is 11.3 Å². The van der Waals surface area contributed by atoms with Crippen LogP contribution in [0.4, 0.5) is 0 Å². The summed E-state index contributed by atoms with van der Waals surface area (Å²) in [5.41, 5.74) is 0. The second kappa shape index (κ2) is 3.89. The summed E-state index contributed by atoms with van der Waals surface area (Å²) < 4.78 is 0. The molecule has 0 N–H and O–H groups in total. The van der Waals surface area contributed by atoms with Gasteiger partial charge in [-0.2, -0.15) is 5.26 Å². The summed E-state index contributed by atoms with van der Waals surface area (Å²) in [5.74, 6) is 0. The largest absolute Gasteiger partial charge is 0.198 e. The molecule has 1 atom stereocenters. The topological polar surface area (TPSA) is 23.8 Å². The minimum absolute atomic E-state index is 0.164. The number of allylic oxidation sites excluding steroid dienone is 1. The first-order valence-corrected chi connectivity index (χ1v) is 2.86. The summed E-state index contributed by atoms with van der Waals surface area (Å²) in [5, 5.41) is 8.04. The van der Waals surface area contributed by atoms with Gasteiger partial charge in [-0.05, 0) is 0 Å². The zero-order valence-electron chi connectivity index (χ0n) is 3.89. The lowest BCUT2D eigenvalue weighted by atomic mass is 10.3. The van der Waals surface area contributed by atoms with Crippen LogP contribution in [0.15, 0.2) is 12.7 Å². The lowest BCUT2D eigenvalue weighted by molar-refractivity contribution is 1.10. The van der Waals surface area contributed by atoms with Crippen LogP contribution < -0.4 is 0 Å². The van der Waals surface area contributed by atoms with E-state index in [0.717, 1.165) is 0 Å². The van der Waals surface area contributed by atoms with Gasteiger partial charge in [0.25, 0.3) is 0 Å². The Labute approximate surface area is 51.8 Å². The molecule has 0 aliphatic heterocycles. The first kappa shape index (κ1) is 6.71. The lowest BCUT2D eigenvalue weighted by Crippen LogP contribution is -1.85. The van der Waals surface area contributed by atoms with E-state index < -0.39 is 0 Å². The molecule has 0 spiro atoms. The molecule has 0 saturated carbocycles. The number of halogens is 1. The molecule has 1 unspecified atom stereocenters. The SMILES string of the molecule is C=CC(Br)CC#N. The monoisotopic (exact) mass is 159 g/mol. The van der Waals surface area contributed by atoms with E-state index in [-0.39, 0.29) is 4.83 Å². The van der Waals surface area contributed by atoms with Crippen molar-refractivity contribution in [3.8, 4) is 6.07 Å². The third-order valence-electron chi connectivity index (χ3n) is 0.542. The maximum atomic E-state index is 8.04. The first-order valence-electron chi connectivity index (χ1n) is 1.95. The number of hydrogen-bond donors (Lipinski definition) is 0. The molecule has 0 aromatic rings. The van der Waals surface area contributed by atoms with Crippen molar-refractivity contribution in [2.45, 2.75) is 11.2 Å². The Hall–Kier alpha value is -0.290. The molecule has 38 valence electrons. The van der Waals surface area contributed by atoms with Crippen molar-refractivity contribution in [2.75, 3.05) is 0 Å². The van der Waals surface area contributed by atoms with E-state index in [0.29, 0.717) is 6.42 Å². The second-order valence-corrected chi connectivity index (χ2v) is 2.29. The van der Waals surface area contributed by atoms with Gasteiger partial charge in [-0.25, -0.2) is 0 Å². The predicted octanol–water partition coefficient (Wildman–Crippen LogP) is 1.85. The second-order valence-electron chi connectivity index (χ2n) is 1.11. The van der Waals surface area contributed by atoms with Gasteiger partial charge in [-0.15, -0.1) is 6.58 Å². The normalized spacial score (nSPS) is 12.0. The molecule has 2 heteroatoms. The van der Waals surface area contributed by atoms with Gasteiger partial charge in [0.2, 0.25) is 0 Å². The Morgan fingerprint density at radius 3 is 2.71 bits per heavy atom. The summed E-state index contributed by atoms with van der Waals surface area (Å²) in [6.45, 7) is 3.48. The van der Waals surface area contributed by atoms with Crippen molar-refractivity contribution in [3.05, 3.63) is 12.7 Å². The van der Waals surface area contributed by atoms with Gasteiger partial charge < -0.3 is 0 Å². The van der Waals surface area contributed by atoms with Crippen molar-refractivity contribution in [1.29, 1.82) is 5.26 Å². The maximum absolute atomic E-state index is 8.04. The predicted molar refractivity (Wildman–Crippen MR) is 33.1 cm³/mol. The molecule has 0 bridgehead atoms. The van der Waals surface area contributed by atoms with E-state index in [9.17, 15) is 0 Å². The summed E-state index contributed by atoms with van der Waals surface area (Å²) >= 11 is 3.20. The van der Waals surface area contributed by atoms with Crippen molar-refractivity contribution in [3.63, 3.8) is 0 Å². The van der Waals surface area contributed by atoms with E-state index in [2.05, 4.69) is 22.5 Å². The first-order chi connectivity index (χ1) is 3.31. The number of nitrogens with zero attached hydrogens (tertiary/aromatic N) is 1. The molecule has 0 radical (unpaired) electrons. The molecule has 0 fully saturated rings. The molecule has 0 aliphatic carbocycles. The summed E-state index contributed by atoms with van der Waals surface area (Å²) in [6.07, 6.45) is 2.20. The fraction of sp³-hybridized carbons (Fsp3) is 0.400. The third-order valence-corrected chi connectivity index (χ3v) is 1.24. The average molecular weight is 160 g/mol. The van der Waals surface area contributed by atoms with Crippen LogP contribution >= 0.6 is 15.9 Å². The maximum Gasteiger partial charge on any atom is 0.0636 e. The van der Waals surface area contributed by atoms with Crippen molar-refractivity contribution in [2.24, 2.45) is 0 Å².